The summed E-state index contributed by atoms with van der Waals surface area (Å²) in [4.78, 5) is 22.3. The first-order valence-electron chi connectivity index (χ1n) is 9.27. The maximum Gasteiger partial charge on any atom is 0.259 e. The van der Waals surface area contributed by atoms with Gasteiger partial charge in [0.2, 0.25) is 0 Å². The van der Waals surface area contributed by atoms with Crippen molar-refractivity contribution in [2.24, 2.45) is 0 Å². The van der Waals surface area contributed by atoms with Gasteiger partial charge in [-0.3, -0.25) is 4.79 Å². The van der Waals surface area contributed by atoms with Crippen LogP contribution in [0.5, 0.6) is 0 Å². The predicted octanol–water partition coefficient (Wildman–Crippen LogP) is 4.97. The molecule has 0 saturated heterocycles. The second-order valence-electron chi connectivity index (χ2n) is 7.16. The van der Waals surface area contributed by atoms with Gasteiger partial charge in [0.25, 0.3) is 11.6 Å². The lowest BCUT2D eigenvalue weighted by Crippen LogP contribution is -2.32. The molecule has 0 bridgehead atoms. The Kier molecular flexibility index (Phi) is 4.05. The Labute approximate surface area is 165 Å². The topological polar surface area (TPSA) is 72.4 Å². The molecule has 0 spiro atoms. The molecule has 0 atom stereocenters. The van der Waals surface area contributed by atoms with E-state index in [9.17, 15) is 4.79 Å². The highest BCUT2D eigenvalue weighted by Gasteiger charge is 2.35. The Hall–Kier alpha value is -2.93. The fraction of sp³-hybridized carbons (Fsp3) is 0.286. The third-order valence-electron chi connectivity index (χ3n) is 5.00. The summed E-state index contributed by atoms with van der Waals surface area (Å²) in [7, 11) is 0. The average Bonchev–Trinajstić information content (AvgIpc) is 3.05. The Balaban J connectivity index is 1.61. The lowest BCUT2D eigenvalue weighted by Gasteiger charge is -2.22. The van der Waals surface area contributed by atoms with E-state index >= 15 is 0 Å². The molecule has 4 heterocycles. The van der Waals surface area contributed by atoms with Crippen LogP contribution in [0.2, 0.25) is 0 Å². The Morgan fingerprint density at radius 2 is 2.14 bits per heavy atom. The van der Waals surface area contributed by atoms with Crippen LogP contribution < -0.4 is 0 Å². The van der Waals surface area contributed by atoms with Crippen LogP contribution in [0.1, 0.15) is 39.5 Å². The summed E-state index contributed by atoms with van der Waals surface area (Å²) in [5.74, 6) is 0.744. The first-order chi connectivity index (χ1) is 13.6. The Morgan fingerprint density at radius 3 is 2.82 bits per heavy atom. The van der Waals surface area contributed by atoms with Crippen molar-refractivity contribution in [1.29, 1.82) is 0 Å². The van der Waals surface area contributed by atoms with Crippen LogP contribution in [0, 0.1) is 13.8 Å². The molecule has 1 saturated carbocycles. The monoisotopic (exact) mass is 393 g/mol. The number of nitrogens with zero attached hydrogens (tertiary/aromatic N) is 3. The van der Waals surface area contributed by atoms with Crippen molar-refractivity contribution in [3.05, 3.63) is 58.5 Å². The third kappa shape index (κ3) is 3.01. The average molecular weight is 393 g/mol. The standard InChI is InChI=1S/C21H19N3O3S/c1-12-5-8-18(28-12)17-10-16(19-13(2)23-27-20(19)22-17)21(25)24(14-6-7-14)11-15-4-3-9-26-15/h3-5,8-10,14H,6-7,11H2,1-2H3. The van der Waals surface area contributed by atoms with E-state index in [2.05, 4.69) is 17.1 Å². The summed E-state index contributed by atoms with van der Waals surface area (Å²) in [6, 6.07) is 9.93. The van der Waals surface area contributed by atoms with Crippen molar-refractivity contribution in [3.8, 4) is 10.6 Å². The molecule has 0 N–H and O–H groups in total. The molecular weight excluding hydrogens is 374 g/mol. The van der Waals surface area contributed by atoms with E-state index in [-0.39, 0.29) is 11.9 Å². The summed E-state index contributed by atoms with van der Waals surface area (Å²) in [5.41, 5.74) is 2.40. The van der Waals surface area contributed by atoms with Gasteiger partial charge in [0.15, 0.2) is 0 Å². The number of fused-ring (bicyclic) bond motifs is 1. The van der Waals surface area contributed by atoms with Crippen LogP contribution in [-0.4, -0.2) is 27.0 Å². The molecule has 0 unspecified atom stereocenters. The maximum atomic E-state index is 13.6. The highest BCUT2D eigenvalue weighted by molar-refractivity contribution is 7.15. The van der Waals surface area contributed by atoms with Crippen molar-refractivity contribution >= 4 is 28.3 Å². The van der Waals surface area contributed by atoms with Crippen molar-refractivity contribution in [2.45, 2.75) is 39.3 Å². The minimum Gasteiger partial charge on any atom is -0.467 e. The summed E-state index contributed by atoms with van der Waals surface area (Å²) in [6.07, 6.45) is 3.66. The highest BCUT2D eigenvalue weighted by Crippen LogP contribution is 2.34. The summed E-state index contributed by atoms with van der Waals surface area (Å²) in [5, 5.41) is 4.74. The number of pyridine rings is 1. The van der Waals surface area contributed by atoms with Crippen molar-refractivity contribution in [2.75, 3.05) is 0 Å². The first-order valence-corrected chi connectivity index (χ1v) is 10.1. The molecule has 28 heavy (non-hydrogen) atoms. The number of aryl methyl sites for hydroxylation is 2. The van der Waals surface area contributed by atoms with Gasteiger partial charge in [0.1, 0.15) is 5.76 Å². The highest BCUT2D eigenvalue weighted by atomic mass is 32.1. The number of thiophene rings is 1. The van der Waals surface area contributed by atoms with E-state index in [4.69, 9.17) is 8.94 Å². The molecule has 0 radical (unpaired) electrons. The van der Waals surface area contributed by atoms with E-state index in [1.807, 2.05) is 42.2 Å². The van der Waals surface area contributed by atoms with Gasteiger partial charge >= 0.3 is 0 Å². The maximum absolute atomic E-state index is 13.6. The van der Waals surface area contributed by atoms with Gasteiger partial charge in [-0.2, -0.15) is 0 Å². The largest absolute Gasteiger partial charge is 0.467 e. The van der Waals surface area contributed by atoms with Gasteiger partial charge < -0.3 is 13.8 Å². The smallest absolute Gasteiger partial charge is 0.259 e. The van der Waals surface area contributed by atoms with Crippen LogP contribution in [0.25, 0.3) is 21.7 Å². The molecule has 1 aliphatic rings. The molecule has 4 aromatic heterocycles. The van der Waals surface area contributed by atoms with E-state index in [1.54, 1.807) is 17.6 Å². The van der Waals surface area contributed by atoms with Gasteiger partial charge in [0, 0.05) is 10.9 Å². The lowest BCUT2D eigenvalue weighted by molar-refractivity contribution is 0.0719. The SMILES string of the molecule is Cc1ccc(-c2cc(C(=O)N(Cc3ccco3)C3CC3)c3c(C)noc3n2)s1. The van der Waals surface area contributed by atoms with E-state index in [1.165, 1.54) is 4.88 Å². The summed E-state index contributed by atoms with van der Waals surface area (Å²) >= 11 is 1.64. The molecule has 1 fully saturated rings. The molecule has 1 amide bonds. The molecule has 1 aliphatic carbocycles. The van der Waals surface area contributed by atoms with Crippen LogP contribution >= 0.6 is 11.3 Å². The van der Waals surface area contributed by atoms with Crippen LogP contribution in [0.3, 0.4) is 0 Å². The van der Waals surface area contributed by atoms with Gasteiger partial charge in [-0.1, -0.05) is 5.16 Å². The lowest BCUT2D eigenvalue weighted by atomic mass is 10.1. The van der Waals surface area contributed by atoms with Gasteiger partial charge in [0.05, 0.1) is 40.0 Å². The van der Waals surface area contributed by atoms with Crippen LogP contribution in [-0.2, 0) is 6.54 Å². The molecule has 0 aliphatic heterocycles. The molecule has 7 heteroatoms. The van der Waals surface area contributed by atoms with E-state index in [0.29, 0.717) is 28.9 Å². The minimum absolute atomic E-state index is 0.0351. The number of carbonyl (C=O) groups excluding carboxylic acids is 1. The van der Waals surface area contributed by atoms with Gasteiger partial charge in [-0.05, 0) is 57.0 Å². The molecule has 142 valence electrons. The molecule has 5 rings (SSSR count). The predicted molar refractivity (Wildman–Crippen MR) is 106 cm³/mol. The Morgan fingerprint density at radius 1 is 1.29 bits per heavy atom. The number of carbonyl (C=O) groups is 1. The molecule has 0 aromatic carbocycles. The number of amides is 1. The fourth-order valence-corrected chi connectivity index (χ4v) is 4.27. The van der Waals surface area contributed by atoms with Crippen molar-refractivity contribution in [1.82, 2.24) is 15.0 Å². The quantitative estimate of drug-likeness (QED) is 0.479. The van der Waals surface area contributed by atoms with Crippen LogP contribution in [0.15, 0.2) is 45.5 Å². The number of aromatic nitrogens is 2. The normalized spacial score (nSPS) is 13.9. The van der Waals surface area contributed by atoms with E-state index in [0.717, 1.165) is 29.2 Å². The zero-order valence-corrected chi connectivity index (χ0v) is 16.5. The molecular formula is C21H19N3O3S. The zero-order valence-electron chi connectivity index (χ0n) is 15.6. The third-order valence-corrected chi connectivity index (χ3v) is 6.02. The second-order valence-corrected chi connectivity index (χ2v) is 8.44. The fourth-order valence-electron chi connectivity index (χ4n) is 3.44. The minimum atomic E-state index is -0.0351. The molecule has 6 nitrogen and oxygen atoms in total. The first kappa shape index (κ1) is 17.2. The second kappa shape index (κ2) is 6.60. The summed E-state index contributed by atoms with van der Waals surface area (Å²) in [6.45, 7) is 4.35. The Bertz CT molecular complexity index is 1160. The van der Waals surface area contributed by atoms with Gasteiger partial charge in [-0.25, -0.2) is 4.98 Å². The zero-order chi connectivity index (χ0) is 19.3. The van der Waals surface area contributed by atoms with E-state index < -0.39 is 0 Å². The molecule has 4 aromatic rings. The van der Waals surface area contributed by atoms with Gasteiger partial charge in [-0.15, -0.1) is 11.3 Å². The number of hydrogen-bond acceptors (Lipinski definition) is 6. The summed E-state index contributed by atoms with van der Waals surface area (Å²) < 4.78 is 10.9. The van der Waals surface area contributed by atoms with Crippen LogP contribution in [0.4, 0.5) is 0 Å². The van der Waals surface area contributed by atoms with Crippen molar-refractivity contribution in [3.63, 3.8) is 0 Å². The van der Waals surface area contributed by atoms with Crippen molar-refractivity contribution < 1.29 is 13.7 Å². The number of rotatable bonds is 5. The number of hydrogen-bond donors (Lipinski definition) is 0. The number of furan rings is 1.